The molecule has 2 aliphatic rings. The first kappa shape index (κ1) is 22.5. The van der Waals surface area contributed by atoms with Gasteiger partial charge in [-0.1, -0.05) is 36.4 Å². The number of para-hydroxylation sites is 2. The zero-order chi connectivity index (χ0) is 23.0. The Balaban J connectivity index is 1.03. The third kappa shape index (κ3) is 5.97. The Kier molecular flexibility index (Phi) is 7.41. The van der Waals surface area contributed by atoms with Crippen LogP contribution >= 0.6 is 0 Å². The van der Waals surface area contributed by atoms with E-state index in [1.54, 1.807) is 0 Å². The van der Waals surface area contributed by atoms with Crippen molar-refractivity contribution in [1.82, 2.24) is 4.90 Å². The molecule has 0 unspecified atom stereocenters. The summed E-state index contributed by atoms with van der Waals surface area (Å²) < 4.78 is 6.00. The summed E-state index contributed by atoms with van der Waals surface area (Å²) in [6, 6.07) is 27.4. The lowest BCUT2D eigenvalue weighted by Gasteiger charge is -2.36. The maximum Gasteiger partial charge on any atom is 0.119 e. The molecule has 0 spiro atoms. The summed E-state index contributed by atoms with van der Waals surface area (Å²) >= 11 is 0. The lowest BCUT2D eigenvalue weighted by Crippen LogP contribution is -2.46. The van der Waals surface area contributed by atoms with Crippen molar-refractivity contribution in [3.8, 4) is 5.75 Å². The molecule has 2 heterocycles. The lowest BCUT2D eigenvalue weighted by molar-refractivity contribution is 0.225. The third-order valence-electron chi connectivity index (χ3n) is 6.63. The van der Waals surface area contributed by atoms with Crippen molar-refractivity contribution < 1.29 is 4.74 Å². The average molecular weight is 455 g/mol. The fourth-order valence-corrected chi connectivity index (χ4v) is 4.72. The summed E-state index contributed by atoms with van der Waals surface area (Å²) in [5.74, 6) is 1.96. The molecule has 5 heteroatoms. The number of anilines is 2. The molecule has 0 radical (unpaired) electrons. The maximum absolute atomic E-state index is 6.00. The molecule has 34 heavy (non-hydrogen) atoms. The Bertz CT molecular complexity index is 1070. The van der Waals surface area contributed by atoms with E-state index in [-0.39, 0.29) is 0 Å². The van der Waals surface area contributed by atoms with Crippen molar-refractivity contribution in [2.24, 2.45) is 4.99 Å². The fourth-order valence-electron chi connectivity index (χ4n) is 4.72. The van der Waals surface area contributed by atoms with E-state index in [0.29, 0.717) is 0 Å². The Morgan fingerprint density at radius 2 is 1.56 bits per heavy atom. The van der Waals surface area contributed by atoms with E-state index in [9.17, 15) is 0 Å². The number of aliphatic imine (C=N–C) groups is 1. The first-order chi connectivity index (χ1) is 16.8. The summed E-state index contributed by atoms with van der Waals surface area (Å²) in [7, 11) is 0. The number of rotatable bonds is 7. The normalized spacial score (nSPS) is 16.4. The summed E-state index contributed by atoms with van der Waals surface area (Å²) in [5.41, 5.74) is 4.81. The highest BCUT2D eigenvalue weighted by Gasteiger charge is 2.16. The van der Waals surface area contributed by atoms with Crippen LogP contribution in [-0.2, 0) is 6.42 Å². The van der Waals surface area contributed by atoms with E-state index < -0.39 is 0 Å². The molecular weight excluding hydrogens is 420 g/mol. The fraction of sp³-hybridized carbons (Fsp3) is 0.345. The molecule has 3 aromatic carbocycles. The van der Waals surface area contributed by atoms with Gasteiger partial charge in [-0.05, 0) is 67.3 Å². The zero-order valence-electron chi connectivity index (χ0n) is 19.8. The van der Waals surface area contributed by atoms with Gasteiger partial charge in [0.15, 0.2) is 0 Å². The van der Waals surface area contributed by atoms with Crippen molar-refractivity contribution in [1.29, 1.82) is 0 Å². The number of hydrogen-bond donors (Lipinski definition) is 1. The van der Waals surface area contributed by atoms with Crippen LogP contribution < -0.4 is 15.0 Å². The highest BCUT2D eigenvalue weighted by molar-refractivity contribution is 5.97. The molecule has 0 saturated carbocycles. The monoisotopic (exact) mass is 454 g/mol. The minimum atomic E-state index is 0.745. The number of benzene rings is 3. The Hall–Kier alpha value is -3.31. The Morgan fingerprint density at radius 3 is 2.38 bits per heavy atom. The van der Waals surface area contributed by atoms with Gasteiger partial charge in [-0.25, -0.2) is 4.99 Å². The maximum atomic E-state index is 6.00. The van der Waals surface area contributed by atoms with Gasteiger partial charge in [-0.3, -0.25) is 4.90 Å². The highest BCUT2D eigenvalue weighted by Crippen LogP contribution is 2.25. The van der Waals surface area contributed by atoms with Gasteiger partial charge in [-0.15, -0.1) is 0 Å². The second kappa shape index (κ2) is 11.2. The molecule has 0 aliphatic carbocycles. The molecule has 1 N–H and O–H groups in total. The highest BCUT2D eigenvalue weighted by atomic mass is 16.5. The van der Waals surface area contributed by atoms with Gasteiger partial charge in [-0.2, -0.15) is 0 Å². The van der Waals surface area contributed by atoms with Gasteiger partial charge < -0.3 is 15.0 Å². The first-order valence-corrected chi connectivity index (χ1v) is 12.5. The third-order valence-corrected chi connectivity index (χ3v) is 6.63. The minimum absolute atomic E-state index is 0.745. The lowest BCUT2D eigenvalue weighted by atomic mass is 10.1. The number of nitrogens with zero attached hydrogens (tertiary/aromatic N) is 3. The van der Waals surface area contributed by atoms with Crippen LogP contribution in [0, 0.1) is 0 Å². The van der Waals surface area contributed by atoms with Gasteiger partial charge in [0.05, 0.1) is 12.3 Å². The van der Waals surface area contributed by atoms with Crippen molar-refractivity contribution in [2.75, 3.05) is 49.5 Å². The number of nitrogens with one attached hydrogen (secondary N) is 1. The molecule has 176 valence electrons. The van der Waals surface area contributed by atoms with E-state index in [1.165, 1.54) is 11.3 Å². The van der Waals surface area contributed by atoms with Crippen LogP contribution in [0.15, 0.2) is 83.9 Å². The van der Waals surface area contributed by atoms with Crippen LogP contribution in [0.25, 0.3) is 0 Å². The van der Waals surface area contributed by atoms with E-state index >= 15 is 0 Å². The SMILES string of the molecule is c1ccc(N2CCN(CCCOc3ccc(NC4=Nc5ccccc5CCC4)cc3)CC2)cc1. The smallest absolute Gasteiger partial charge is 0.119 e. The number of amidine groups is 1. The quantitative estimate of drug-likeness (QED) is 0.461. The average Bonchev–Trinajstić information content (AvgIpc) is 3.10. The van der Waals surface area contributed by atoms with Crippen molar-refractivity contribution in [3.63, 3.8) is 0 Å². The molecule has 0 bridgehead atoms. The molecule has 0 amide bonds. The van der Waals surface area contributed by atoms with Crippen molar-refractivity contribution in [2.45, 2.75) is 25.7 Å². The number of aryl methyl sites for hydroxylation is 1. The number of ether oxygens (including phenoxy) is 1. The predicted molar refractivity (Wildman–Crippen MR) is 142 cm³/mol. The van der Waals surface area contributed by atoms with Gasteiger partial charge in [0.1, 0.15) is 11.6 Å². The van der Waals surface area contributed by atoms with Gasteiger partial charge in [0.2, 0.25) is 0 Å². The summed E-state index contributed by atoms with van der Waals surface area (Å²) in [5, 5.41) is 3.50. The molecule has 5 rings (SSSR count). The predicted octanol–water partition coefficient (Wildman–Crippen LogP) is 5.76. The van der Waals surface area contributed by atoms with E-state index in [0.717, 1.165) is 88.0 Å². The molecule has 5 nitrogen and oxygen atoms in total. The number of fused-ring (bicyclic) bond motifs is 1. The van der Waals surface area contributed by atoms with Crippen molar-refractivity contribution in [3.05, 3.63) is 84.4 Å². The molecule has 1 fully saturated rings. The van der Waals surface area contributed by atoms with E-state index in [2.05, 4.69) is 81.8 Å². The second-order valence-corrected chi connectivity index (χ2v) is 9.06. The standard InChI is InChI=1S/C29H34N4O/c1-2-10-26(11-3-1)33-21-19-32(20-22-33)18-7-23-34-27-16-14-25(15-17-27)30-29-13-6-9-24-8-4-5-12-28(24)31-29/h1-5,8,10-12,14-17H,6-7,9,13,18-23H2,(H,30,31). The topological polar surface area (TPSA) is 40.1 Å². The van der Waals surface area contributed by atoms with Gasteiger partial charge in [0, 0.05) is 50.5 Å². The zero-order valence-corrected chi connectivity index (χ0v) is 19.8. The van der Waals surface area contributed by atoms with Crippen LogP contribution in [-0.4, -0.2) is 50.1 Å². The molecular formula is C29H34N4O. The Labute approximate surface area is 203 Å². The van der Waals surface area contributed by atoms with Crippen molar-refractivity contribution >= 4 is 22.9 Å². The molecule has 0 atom stereocenters. The van der Waals surface area contributed by atoms with E-state index in [4.69, 9.17) is 9.73 Å². The van der Waals surface area contributed by atoms with Gasteiger partial charge >= 0.3 is 0 Å². The molecule has 2 aliphatic heterocycles. The molecule has 3 aromatic rings. The summed E-state index contributed by atoms with van der Waals surface area (Å²) in [6.45, 7) is 6.25. The van der Waals surface area contributed by atoms with Crippen LogP contribution in [0.2, 0.25) is 0 Å². The van der Waals surface area contributed by atoms with Crippen LogP contribution in [0.1, 0.15) is 24.8 Å². The minimum Gasteiger partial charge on any atom is -0.494 e. The second-order valence-electron chi connectivity index (χ2n) is 9.06. The number of hydrogen-bond acceptors (Lipinski definition) is 5. The van der Waals surface area contributed by atoms with Gasteiger partial charge in [0.25, 0.3) is 0 Å². The van der Waals surface area contributed by atoms with Crippen LogP contribution in [0.4, 0.5) is 17.1 Å². The molecule has 0 aromatic heterocycles. The largest absolute Gasteiger partial charge is 0.494 e. The first-order valence-electron chi connectivity index (χ1n) is 12.5. The van der Waals surface area contributed by atoms with E-state index in [1.807, 2.05) is 12.1 Å². The number of piperazine rings is 1. The van der Waals surface area contributed by atoms with Crippen LogP contribution in [0.5, 0.6) is 5.75 Å². The summed E-state index contributed by atoms with van der Waals surface area (Å²) in [6.07, 6.45) is 4.21. The summed E-state index contributed by atoms with van der Waals surface area (Å²) in [4.78, 5) is 9.87. The molecule has 1 saturated heterocycles. The van der Waals surface area contributed by atoms with Crippen LogP contribution in [0.3, 0.4) is 0 Å². The Morgan fingerprint density at radius 1 is 0.794 bits per heavy atom.